The molecule has 37 heavy (non-hydrogen) atoms. The van der Waals surface area contributed by atoms with Crippen molar-refractivity contribution in [1.29, 1.82) is 5.26 Å². The molecule has 0 bridgehead atoms. The number of anilines is 1. The summed E-state index contributed by atoms with van der Waals surface area (Å²) in [6, 6.07) is 6.76. The molecule has 5 rings (SSSR count). The van der Waals surface area contributed by atoms with E-state index in [2.05, 4.69) is 53.2 Å². The SMILES string of the molecule is C=N/C=C\C(NCc1noc2c1CCCC21CCCc2ccc(N)c(C#N)c21)OC(C)C1CCCN1C. The van der Waals surface area contributed by atoms with Gasteiger partial charge < -0.3 is 19.9 Å². The lowest BCUT2D eigenvalue weighted by Crippen LogP contribution is -2.41. The van der Waals surface area contributed by atoms with Gasteiger partial charge in [-0.05, 0) is 102 Å². The minimum atomic E-state index is -0.336. The Morgan fingerprint density at radius 2 is 2.19 bits per heavy atom. The Hall–Kier alpha value is -2.99. The highest BCUT2D eigenvalue weighted by molar-refractivity contribution is 5.65. The van der Waals surface area contributed by atoms with Gasteiger partial charge in [-0.1, -0.05) is 11.2 Å². The number of nitrogens with one attached hydrogen (secondary N) is 1. The highest BCUT2D eigenvalue weighted by Crippen LogP contribution is 2.52. The molecular weight excluding hydrogens is 464 g/mol. The zero-order valence-electron chi connectivity index (χ0n) is 22.0. The van der Waals surface area contributed by atoms with Gasteiger partial charge in [0.1, 0.15) is 18.0 Å². The summed E-state index contributed by atoms with van der Waals surface area (Å²) in [6.07, 6.45) is 11.5. The lowest BCUT2D eigenvalue weighted by Gasteiger charge is -2.41. The van der Waals surface area contributed by atoms with Gasteiger partial charge in [-0.2, -0.15) is 5.26 Å². The van der Waals surface area contributed by atoms with Crippen LogP contribution < -0.4 is 11.1 Å². The summed E-state index contributed by atoms with van der Waals surface area (Å²) < 4.78 is 12.5. The molecule has 2 heterocycles. The Kier molecular flexibility index (Phi) is 7.47. The second kappa shape index (κ2) is 10.8. The molecule has 196 valence electrons. The largest absolute Gasteiger partial charge is 0.398 e. The standard InChI is InChI=1S/C29H38N6O2/c1-19(25-9-6-16-35(25)3)36-26(12-15-32-2)33-18-24-21-8-5-14-29(28(21)37-34-24)13-4-7-20-10-11-23(31)22(17-30)27(20)29/h10-12,15,19,25-26,33H,2,4-9,13-14,16,18,31H2,1,3H3/b15-12-. The Morgan fingerprint density at radius 3 is 2.92 bits per heavy atom. The predicted molar refractivity (Wildman–Crippen MR) is 144 cm³/mol. The minimum absolute atomic E-state index is 0.0718. The Morgan fingerprint density at radius 1 is 1.38 bits per heavy atom. The molecule has 1 aliphatic heterocycles. The summed E-state index contributed by atoms with van der Waals surface area (Å²) in [4.78, 5) is 6.25. The maximum Gasteiger partial charge on any atom is 0.150 e. The van der Waals surface area contributed by atoms with Crippen molar-refractivity contribution in [3.05, 3.63) is 58.1 Å². The highest BCUT2D eigenvalue weighted by Gasteiger charge is 2.47. The van der Waals surface area contributed by atoms with Gasteiger partial charge in [0.25, 0.3) is 0 Å². The van der Waals surface area contributed by atoms with Crippen LogP contribution in [0.15, 0.2) is 33.9 Å². The molecule has 1 fully saturated rings. The van der Waals surface area contributed by atoms with Crippen molar-refractivity contribution >= 4 is 12.4 Å². The summed E-state index contributed by atoms with van der Waals surface area (Å²) in [5, 5.41) is 18.1. The van der Waals surface area contributed by atoms with E-state index >= 15 is 0 Å². The fourth-order valence-corrected chi connectivity index (χ4v) is 6.86. The Bertz CT molecular complexity index is 1210. The van der Waals surface area contributed by atoms with Crippen molar-refractivity contribution in [1.82, 2.24) is 15.4 Å². The molecule has 1 saturated heterocycles. The fourth-order valence-electron chi connectivity index (χ4n) is 6.86. The minimum Gasteiger partial charge on any atom is -0.398 e. The number of likely N-dealkylation sites (N-methyl/N-ethyl adjacent to an activating group) is 1. The van der Waals surface area contributed by atoms with Crippen LogP contribution in [0.3, 0.4) is 0 Å². The maximum absolute atomic E-state index is 10.0. The summed E-state index contributed by atoms with van der Waals surface area (Å²) in [7, 11) is 2.16. The van der Waals surface area contributed by atoms with E-state index in [-0.39, 0.29) is 17.7 Å². The average Bonchev–Trinajstić information content (AvgIpc) is 3.53. The van der Waals surface area contributed by atoms with Crippen LogP contribution in [0.5, 0.6) is 0 Å². The number of benzene rings is 1. The molecule has 1 spiro atoms. The monoisotopic (exact) mass is 502 g/mol. The first kappa shape index (κ1) is 25.7. The molecule has 8 heteroatoms. The van der Waals surface area contributed by atoms with E-state index in [1.54, 1.807) is 6.20 Å². The molecule has 1 aromatic carbocycles. The number of ether oxygens (including phenoxy) is 1. The van der Waals surface area contributed by atoms with Crippen LogP contribution in [0, 0.1) is 11.3 Å². The molecule has 1 aromatic heterocycles. The smallest absolute Gasteiger partial charge is 0.150 e. The molecule has 3 aliphatic rings. The molecule has 4 unspecified atom stereocenters. The number of fused-ring (bicyclic) bond motifs is 4. The molecule has 2 aliphatic carbocycles. The number of hydrogen-bond acceptors (Lipinski definition) is 8. The number of rotatable bonds is 8. The van der Waals surface area contributed by atoms with Gasteiger partial charge in [-0.3, -0.25) is 10.3 Å². The summed E-state index contributed by atoms with van der Waals surface area (Å²) >= 11 is 0. The third-order valence-electron chi connectivity index (χ3n) is 8.62. The number of nitriles is 1. The molecule has 0 amide bonds. The number of nitrogens with zero attached hydrogens (tertiary/aromatic N) is 4. The molecule has 2 aromatic rings. The van der Waals surface area contributed by atoms with Crippen LogP contribution in [0.25, 0.3) is 0 Å². The van der Waals surface area contributed by atoms with Crippen molar-refractivity contribution in [3.8, 4) is 6.07 Å². The number of aryl methyl sites for hydroxylation is 1. The molecule has 0 saturated carbocycles. The van der Waals surface area contributed by atoms with Crippen molar-refractivity contribution in [2.24, 2.45) is 4.99 Å². The average molecular weight is 503 g/mol. The predicted octanol–water partition coefficient (Wildman–Crippen LogP) is 4.22. The number of hydrogen-bond donors (Lipinski definition) is 2. The Labute approximate surface area is 219 Å². The van der Waals surface area contributed by atoms with Gasteiger partial charge in [0, 0.05) is 30.0 Å². The van der Waals surface area contributed by atoms with E-state index in [0.29, 0.717) is 23.8 Å². The number of nitrogens with two attached hydrogens (primary N) is 1. The van der Waals surface area contributed by atoms with Crippen LogP contribution in [0.4, 0.5) is 5.69 Å². The Balaban J connectivity index is 1.40. The topological polar surface area (TPSA) is 113 Å². The zero-order valence-corrected chi connectivity index (χ0v) is 22.0. The maximum atomic E-state index is 10.0. The van der Waals surface area contributed by atoms with E-state index in [0.717, 1.165) is 74.1 Å². The van der Waals surface area contributed by atoms with Gasteiger partial charge in [0.05, 0.1) is 17.1 Å². The molecular formula is C29H38N6O2. The van der Waals surface area contributed by atoms with E-state index in [1.807, 2.05) is 12.1 Å². The lowest BCUT2D eigenvalue weighted by molar-refractivity contribution is -0.0304. The second-order valence-corrected chi connectivity index (χ2v) is 10.8. The van der Waals surface area contributed by atoms with Crippen LogP contribution in [-0.4, -0.2) is 48.7 Å². The van der Waals surface area contributed by atoms with Crippen LogP contribution in [0.1, 0.15) is 79.2 Å². The first-order valence-electron chi connectivity index (χ1n) is 13.5. The van der Waals surface area contributed by atoms with E-state index in [9.17, 15) is 5.26 Å². The van der Waals surface area contributed by atoms with Crippen molar-refractivity contribution < 1.29 is 9.26 Å². The number of aromatic nitrogens is 1. The molecule has 0 radical (unpaired) electrons. The van der Waals surface area contributed by atoms with Crippen LogP contribution in [-0.2, 0) is 29.5 Å². The second-order valence-electron chi connectivity index (χ2n) is 10.8. The van der Waals surface area contributed by atoms with Crippen molar-refractivity contribution in [2.75, 3.05) is 19.3 Å². The van der Waals surface area contributed by atoms with Gasteiger partial charge in [0.2, 0.25) is 0 Å². The first-order chi connectivity index (χ1) is 18.0. The number of nitrogen functional groups attached to an aromatic ring is 1. The lowest BCUT2D eigenvalue weighted by atomic mass is 9.61. The summed E-state index contributed by atoms with van der Waals surface area (Å²) in [5.41, 5.74) is 11.4. The molecule has 3 N–H and O–H groups in total. The fraction of sp³-hybridized carbons (Fsp3) is 0.552. The van der Waals surface area contributed by atoms with E-state index < -0.39 is 0 Å². The third kappa shape index (κ3) is 4.72. The van der Waals surface area contributed by atoms with Crippen molar-refractivity contribution in [2.45, 2.75) is 88.6 Å². The first-order valence-corrected chi connectivity index (χ1v) is 13.5. The highest BCUT2D eigenvalue weighted by atomic mass is 16.5. The number of likely N-dealkylation sites (tertiary alicyclic amines) is 1. The van der Waals surface area contributed by atoms with Gasteiger partial charge >= 0.3 is 0 Å². The summed E-state index contributed by atoms with van der Waals surface area (Å²) in [5.74, 6) is 0.917. The van der Waals surface area contributed by atoms with Gasteiger partial charge in [-0.15, -0.1) is 0 Å². The van der Waals surface area contributed by atoms with E-state index in [4.69, 9.17) is 15.0 Å². The zero-order chi connectivity index (χ0) is 26.0. The summed E-state index contributed by atoms with van der Waals surface area (Å²) in [6.45, 7) is 7.33. The quantitative estimate of drug-likeness (QED) is 0.316. The van der Waals surface area contributed by atoms with Crippen LogP contribution >= 0.6 is 0 Å². The number of aliphatic imine (C=N–C) groups is 1. The normalized spacial score (nSPS) is 25.1. The van der Waals surface area contributed by atoms with Crippen LogP contribution in [0.2, 0.25) is 0 Å². The van der Waals surface area contributed by atoms with E-state index in [1.165, 1.54) is 12.0 Å². The molecule has 4 atom stereocenters. The molecule has 8 nitrogen and oxygen atoms in total. The van der Waals surface area contributed by atoms with Crippen molar-refractivity contribution in [3.63, 3.8) is 0 Å². The third-order valence-corrected chi connectivity index (χ3v) is 8.62. The van der Waals surface area contributed by atoms with Gasteiger partial charge in [0.15, 0.2) is 5.76 Å². The van der Waals surface area contributed by atoms with Gasteiger partial charge in [-0.25, -0.2) is 0 Å².